The summed E-state index contributed by atoms with van der Waals surface area (Å²) in [6.07, 6.45) is 5.16. The number of nitrogens with one attached hydrogen (secondary N) is 2. The molecule has 2 aromatic rings. The van der Waals surface area contributed by atoms with E-state index < -0.39 is 0 Å². The molecule has 0 unspecified atom stereocenters. The molecular formula is C20H26N4O2. The Labute approximate surface area is 154 Å². The Hall–Kier alpha value is -2.60. The third kappa shape index (κ3) is 5.20. The Balaban J connectivity index is 1.48. The van der Waals surface area contributed by atoms with Gasteiger partial charge in [0.1, 0.15) is 12.4 Å². The molecule has 0 aliphatic carbocycles. The number of carbonyl (C=O) groups is 1. The standard InChI is InChI=1S/C20H26N4O2/c1-24-14-6-8-17(24)11-13-22-20(25)23-18-9-2-3-10-19(18)26-15-16-7-4-5-12-21-16/h2-5,7,9-10,12,17H,6,8,11,13-15H2,1H3,(H2,22,23,25)/t17-/m1/s1. The molecule has 1 atom stereocenters. The van der Waals surface area contributed by atoms with E-state index >= 15 is 0 Å². The number of carbonyl (C=O) groups excluding carboxylic acids is 1. The maximum absolute atomic E-state index is 12.2. The van der Waals surface area contributed by atoms with Gasteiger partial charge in [0.05, 0.1) is 11.4 Å². The van der Waals surface area contributed by atoms with E-state index in [0.717, 1.165) is 18.7 Å². The SMILES string of the molecule is CN1CCC[C@@H]1CCNC(=O)Nc1ccccc1OCc1ccccn1. The van der Waals surface area contributed by atoms with Crippen molar-refractivity contribution in [2.24, 2.45) is 0 Å². The summed E-state index contributed by atoms with van der Waals surface area (Å²) in [5.41, 5.74) is 1.49. The van der Waals surface area contributed by atoms with Gasteiger partial charge in [0.15, 0.2) is 0 Å². The van der Waals surface area contributed by atoms with Crippen LogP contribution in [0.2, 0.25) is 0 Å². The first-order valence-electron chi connectivity index (χ1n) is 9.09. The van der Waals surface area contributed by atoms with E-state index in [0.29, 0.717) is 30.6 Å². The zero-order valence-electron chi connectivity index (χ0n) is 15.1. The Morgan fingerprint density at radius 1 is 1.27 bits per heavy atom. The summed E-state index contributed by atoms with van der Waals surface area (Å²) in [5, 5.41) is 5.81. The highest BCUT2D eigenvalue weighted by Gasteiger charge is 2.20. The minimum absolute atomic E-state index is 0.209. The van der Waals surface area contributed by atoms with Crippen LogP contribution in [-0.4, -0.2) is 42.1 Å². The van der Waals surface area contributed by atoms with E-state index in [2.05, 4.69) is 27.6 Å². The van der Waals surface area contributed by atoms with Crippen molar-refractivity contribution in [1.29, 1.82) is 0 Å². The number of hydrogen-bond acceptors (Lipinski definition) is 4. The quantitative estimate of drug-likeness (QED) is 0.801. The first-order chi connectivity index (χ1) is 12.7. The third-order valence-corrected chi connectivity index (χ3v) is 4.67. The molecule has 0 radical (unpaired) electrons. The molecule has 1 fully saturated rings. The van der Waals surface area contributed by atoms with Gasteiger partial charge in [-0.1, -0.05) is 18.2 Å². The van der Waals surface area contributed by atoms with E-state index in [1.807, 2.05) is 42.5 Å². The van der Waals surface area contributed by atoms with E-state index in [9.17, 15) is 4.79 Å². The molecule has 138 valence electrons. The predicted molar refractivity (Wildman–Crippen MR) is 102 cm³/mol. The number of nitrogens with zero attached hydrogens (tertiary/aromatic N) is 2. The molecule has 0 saturated carbocycles. The van der Waals surface area contributed by atoms with Gasteiger partial charge in [0.25, 0.3) is 0 Å². The van der Waals surface area contributed by atoms with Crippen molar-refractivity contribution in [2.45, 2.75) is 31.9 Å². The highest BCUT2D eigenvalue weighted by molar-refractivity contribution is 5.90. The molecule has 2 heterocycles. The summed E-state index contributed by atoms with van der Waals surface area (Å²) in [4.78, 5) is 18.8. The number of hydrogen-bond donors (Lipinski definition) is 2. The van der Waals surface area contributed by atoms with Gasteiger partial charge in [-0.3, -0.25) is 4.98 Å². The predicted octanol–water partition coefficient (Wildman–Crippen LogP) is 3.27. The van der Waals surface area contributed by atoms with Crippen LogP contribution < -0.4 is 15.4 Å². The van der Waals surface area contributed by atoms with Crippen molar-refractivity contribution < 1.29 is 9.53 Å². The van der Waals surface area contributed by atoms with E-state index in [1.54, 1.807) is 6.20 Å². The van der Waals surface area contributed by atoms with Crippen LogP contribution in [0.3, 0.4) is 0 Å². The molecule has 0 spiro atoms. The Bertz CT molecular complexity index is 708. The van der Waals surface area contributed by atoms with Gasteiger partial charge in [-0.05, 0) is 57.1 Å². The van der Waals surface area contributed by atoms with Gasteiger partial charge in [-0.25, -0.2) is 4.79 Å². The molecule has 2 N–H and O–H groups in total. The number of amides is 2. The third-order valence-electron chi connectivity index (χ3n) is 4.67. The highest BCUT2D eigenvalue weighted by atomic mass is 16.5. The van der Waals surface area contributed by atoms with Crippen LogP contribution in [0.4, 0.5) is 10.5 Å². The van der Waals surface area contributed by atoms with E-state index in [-0.39, 0.29) is 6.03 Å². The number of benzene rings is 1. The number of ether oxygens (including phenoxy) is 1. The van der Waals surface area contributed by atoms with Crippen LogP contribution >= 0.6 is 0 Å². The van der Waals surface area contributed by atoms with Gasteiger partial charge in [-0.15, -0.1) is 0 Å². The van der Waals surface area contributed by atoms with Gasteiger partial charge in [0.2, 0.25) is 0 Å². The average Bonchev–Trinajstić information content (AvgIpc) is 3.07. The molecule has 1 aliphatic heterocycles. The fourth-order valence-electron chi connectivity index (χ4n) is 3.19. The van der Waals surface area contributed by atoms with Crippen LogP contribution in [0.1, 0.15) is 25.0 Å². The topological polar surface area (TPSA) is 66.5 Å². The summed E-state index contributed by atoms with van der Waals surface area (Å²) in [6.45, 7) is 2.17. The molecule has 0 bridgehead atoms. The smallest absolute Gasteiger partial charge is 0.319 e. The number of anilines is 1. The van der Waals surface area contributed by atoms with Crippen molar-refractivity contribution in [3.05, 3.63) is 54.4 Å². The summed E-state index contributed by atoms with van der Waals surface area (Å²) in [6, 6.07) is 13.5. The number of likely N-dealkylation sites (tertiary alicyclic amines) is 1. The monoisotopic (exact) mass is 354 g/mol. The molecular weight excluding hydrogens is 328 g/mol. The van der Waals surface area contributed by atoms with Crippen LogP contribution in [0.25, 0.3) is 0 Å². The van der Waals surface area contributed by atoms with E-state index in [4.69, 9.17) is 4.74 Å². The Kier molecular flexibility index (Phi) is 6.44. The molecule has 1 aliphatic rings. The van der Waals surface area contributed by atoms with Crippen LogP contribution in [0.15, 0.2) is 48.7 Å². The second kappa shape index (κ2) is 9.20. The van der Waals surface area contributed by atoms with Gasteiger partial charge in [-0.2, -0.15) is 0 Å². The minimum Gasteiger partial charge on any atom is -0.485 e. The summed E-state index contributed by atoms with van der Waals surface area (Å²) in [7, 11) is 2.15. The zero-order valence-corrected chi connectivity index (χ0v) is 15.1. The number of pyridine rings is 1. The normalized spacial score (nSPS) is 17.0. The van der Waals surface area contributed by atoms with Crippen molar-refractivity contribution in [2.75, 3.05) is 25.5 Å². The summed E-state index contributed by atoms with van der Waals surface area (Å²) >= 11 is 0. The molecule has 3 rings (SSSR count). The van der Waals surface area contributed by atoms with Crippen LogP contribution in [0.5, 0.6) is 5.75 Å². The second-order valence-electron chi connectivity index (χ2n) is 6.55. The Morgan fingerprint density at radius 3 is 2.88 bits per heavy atom. The lowest BCUT2D eigenvalue weighted by molar-refractivity contribution is 0.248. The first-order valence-corrected chi connectivity index (χ1v) is 9.09. The molecule has 6 nitrogen and oxygen atoms in total. The van der Waals surface area contributed by atoms with Gasteiger partial charge >= 0.3 is 6.03 Å². The molecule has 1 aromatic carbocycles. The zero-order chi connectivity index (χ0) is 18.2. The molecule has 1 aromatic heterocycles. The lowest BCUT2D eigenvalue weighted by Gasteiger charge is -2.19. The minimum atomic E-state index is -0.209. The fourth-order valence-corrected chi connectivity index (χ4v) is 3.19. The number of aromatic nitrogens is 1. The number of urea groups is 1. The second-order valence-corrected chi connectivity index (χ2v) is 6.55. The van der Waals surface area contributed by atoms with Gasteiger partial charge < -0.3 is 20.3 Å². The fraction of sp³-hybridized carbons (Fsp3) is 0.400. The first kappa shape index (κ1) is 18.2. The molecule has 6 heteroatoms. The molecule has 2 amide bonds. The van der Waals surface area contributed by atoms with Crippen molar-refractivity contribution in [1.82, 2.24) is 15.2 Å². The maximum Gasteiger partial charge on any atom is 0.319 e. The highest BCUT2D eigenvalue weighted by Crippen LogP contribution is 2.24. The molecule has 26 heavy (non-hydrogen) atoms. The average molecular weight is 354 g/mol. The van der Waals surface area contributed by atoms with Crippen LogP contribution in [-0.2, 0) is 6.61 Å². The lowest BCUT2D eigenvalue weighted by Crippen LogP contribution is -2.34. The largest absolute Gasteiger partial charge is 0.485 e. The number of para-hydroxylation sites is 2. The van der Waals surface area contributed by atoms with E-state index in [1.165, 1.54) is 12.8 Å². The summed E-state index contributed by atoms with van der Waals surface area (Å²) in [5.74, 6) is 0.629. The van der Waals surface area contributed by atoms with Crippen molar-refractivity contribution in [3.8, 4) is 5.75 Å². The molecule has 1 saturated heterocycles. The number of rotatable bonds is 7. The van der Waals surface area contributed by atoms with Crippen molar-refractivity contribution >= 4 is 11.7 Å². The van der Waals surface area contributed by atoms with Gasteiger partial charge in [0, 0.05) is 18.8 Å². The Morgan fingerprint density at radius 2 is 2.12 bits per heavy atom. The summed E-state index contributed by atoms with van der Waals surface area (Å²) < 4.78 is 5.81. The van der Waals surface area contributed by atoms with Crippen molar-refractivity contribution in [3.63, 3.8) is 0 Å². The maximum atomic E-state index is 12.2. The lowest BCUT2D eigenvalue weighted by atomic mass is 10.1. The van der Waals surface area contributed by atoms with Crippen LogP contribution in [0, 0.1) is 0 Å².